The molecule has 2 heterocycles. The van der Waals surface area contributed by atoms with Gasteiger partial charge in [-0.2, -0.15) is 0 Å². The minimum atomic E-state index is -0.816. The predicted octanol–water partition coefficient (Wildman–Crippen LogP) is 2.89. The first-order chi connectivity index (χ1) is 11.7. The van der Waals surface area contributed by atoms with E-state index in [1.165, 1.54) is 0 Å². The number of aromatic amines is 1. The molecule has 3 rings (SSSR count). The zero-order valence-corrected chi connectivity index (χ0v) is 13.5. The summed E-state index contributed by atoms with van der Waals surface area (Å²) in [6, 6.07) is 5.62. The number of pyridine rings is 1. The Morgan fingerprint density at radius 1 is 1.29 bits per heavy atom. The zero-order valence-electron chi connectivity index (χ0n) is 13.5. The Labute approximate surface area is 138 Å². The molecule has 2 aromatic heterocycles. The van der Waals surface area contributed by atoms with Crippen LogP contribution in [0.1, 0.15) is 18.1 Å². The number of rotatable bonds is 5. The molecular formula is C17H18N2O5. The maximum Gasteiger partial charge on any atom is 0.515 e. The Bertz CT molecular complexity index is 887. The molecule has 126 valence electrons. The minimum Gasteiger partial charge on any atom is -0.434 e. The molecule has 0 bridgehead atoms. The summed E-state index contributed by atoms with van der Waals surface area (Å²) >= 11 is 0. The number of carbonyl (C=O) groups is 1. The average molecular weight is 330 g/mol. The summed E-state index contributed by atoms with van der Waals surface area (Å²) in [5.74, 6) is 0.136. The van der Waals surface area contributed by atoms with Crippen LogP contribution in [0.2, 0.25) is 0 Å². The number of aliphatic hydroxyl groups excluding tert-OH is 1. The Morgan fingerprint density at radius 3 is 2.83 bits per heavy atom. The number of hydrogen-bond donors (Lipinski definition) is 2. The van der Waals surface area contributed by atoms with Crippen LogP contribution in [0.15, 0.2) is 24.4 Å². The largest absolute Gasteiger partial charge is 0.515 e. The van der Waals surface area contributed by atoms with Gasteiger partial charge in [0.2, 0.25) is 5.88 Å². The summed E-state index contributed by atoms with van der Waals surface area (Å²) in [5, 5.41) is 11.3. The van der Waals surface area contributed by atoms with E-state index in [0.29, 0.717) is 5.56 Å². The van der Waals surface area contributed by atoms with Crippen LogP contribution >= 0.6 is 0 Å². The molecule has 0 saturated heterocycles. The molecule has 0 aliphatic heterocycles. The van der Waals surface area contributed by atoms with Gasteiger partial charge in [0.1, 0.15) is 0 Å². The maximum absolute atomic E-state index is 11.7. The van der Waals surface area contributed by atoms with Crippen molar-refractivity contribution in [2.24, 2.45) is 0 Å². The first-order valence-corrected chi connectivity index (χ1v) is 7.55. The van der Waals surface area contributed by atoms with Crippen LogP contribution in [0, 0.1) is 0 Å². The van der Waals surface area contributed by atoms with Gasteiger partial charge in [-0.05, 0) is 18.6 Å². The van der Waals surface area contributed by atoms with Crippen LogP contribution in [-0.4, -0.2) is 34.9 Å². The number of methoxy groups -OCH3 is 1. The number of fused-ring (bicyclic) bond motifs is 3. The fraction of sp³-hybridized carbons (Fsp3) is 0.294. The molecule has 2 N–H and O–H groups in total. The molecule has 3 aromatic rings. The van der Waals surface area contributed by atoms with Gasteiger partial charge in [0.05, 0.1) is 37.1 Å². The second-order valence-corrected chi connectivity index (χ2v) is 5.17. The fourth-order valence-corrected chi connectivity index (χ4v) is 2.78. The highest BCUT2D eigenvalue weighted by atomic mass is 16.7. The highest BCUT2D eigenvalue weighted by Gasteiger charge is 2.19. The summed E-state index contributed by atoms with van der Waals surface area (Å²) in [5.41, 5.74) is 3.03. The predicted molar refractivity (Wildman–Crippen MR) is 87.9 cm³/mol. The van der Waals surface area contributed by atoms with E-state index < -0.39 is 6.16 Å². The monoisotopic (exact) mass is 330 g/mol. The van der Waals surface area contributed by atoms with Crippen molar-refractivity contribution in [2.45, 2.75) is 20.1 Å². The van der Waals surface area contributed by atoms with Crippen molar-refractivity contribution in [3.8, 4) is 5.88 Å². The third-order valence-electron chi connectivity index (χ3n) is 3.71. The molecule has 0 spiro atoms. The SMILES string of the molecule is CCOC(=O)Oc1ncc2[nH]c3cccc(CO)c3c2c1COC. The van der Waals surface area contributed by atoms with Gasteiger partial charge in [0.25, 0.3) is 0 Å². The van der Waals surface area contributed by atoms with Gasteiger partial charge in [-0.25, -0.2) is 9.78 Å². The average Bonchev–Trinajstić information content (AvgIpc) is 2.96. The number of benzene rings is 1. The van der Waals surface area contributed by atoms with Gasteiger partial charge in [0.15, 0.2) is 0 Å². The molecular weight excluding hydrogens is 312 g/mol. The lowest BCUT2D eigenvalue weighted by atomic mass is 10.0. The number of nitrogens with zero attached hydrogens (tertiary/aromatic N) is 1. The topological polar surface area (TPSA) is 93.7 Å². The second-order valence-electron chi connectivity index (χ2n) is 5.17. The molecule has 7 heteroatoms. The van der Waals surface area contributed by atoms with E-state index >= 15 is 0 Å². The van der Waals surface area contributed by atoms with Crippen LogP contribution in [0.25, 0.3) is 21.8 Å². The third-order valence-corrected chi connectivity index (χ3v) is 3.71. The molecule has 1 aromatic carbocycles. The van der Waals surface area contributed by atoms with Crippen molar-refractivity contribution in [1.82, 2.24) is 9.97 Å². The highest BCUT2D eigenvalue weighted by molar-refractivity contribution is 6.10. The van der Waals surface area contributed by atoms with E-state index in [1.54, 1.807) is 20.2 Å². The van der Waals surface area contributed by atoms with Gasteiger partial charge in [-0.3, -0.25) is 0 Å². The number of hydrogen-bond acceptors (Lipinski definition) is 6. The van der Waals surface area contributed by atoms with Crippen LogP contribution < -0.4 is 4.74 Å². The Morgan fingerprint density at radius 2 is 2.12 bits per heavy atom. The quantitative estimate of drug-likeness (QED) is 0.699. The summed E-state index contributed by atoms with van der Waals surface area (Å²) < 4.78 is 15.3. The van der Waals surface area contributed by atoms with E-state index in [0.717, 1.165) is 27.4 Å². The normalized spacial score (nSPS) is 11.1. The van der Waals surface area contributed by atoms with E-state index in [9.17, 15) is 9.90 Å². The highest BCUT2D eigenvalue weighted by Crippen LogP contribution is 2.35. The van der Waals surface area contributed by atoms with E-state index in [4.69, 9.17) is 14.2 Å². The summed E-state index contributed by atoms with van der Waals surface area (Å²) in [4.78, 5) is 19.1. The van der Waals surface area contributed by atoms with Crippen LogP contribution in [0.5, 0.6) is 5.88 Å². The lowest BCUT2D eigenvalue weighted by Crippen LogP contribution is -2.12. The van der Waals surface area contributed by atoms with Gasteiger partial charge >= 0.3 is 6.16 Å². The van der Waals surface area contributed by atoms with Crippen LogP contribution in [0.4, 0.5) is 4.79 Å². The summed E-state index contributed by atoms with van der Waals surface area (Å²) in [6.45, 7) is 2.00. The number of nitrogens with one attached hydrogen (secondary N) is 1. The second kappa shape index (κ2) is 6.86. The Balaban J connectivity index is 2.25. The van der Waals surface area contributed by atoms with Crippen molar-refractivity contribution in [1.29, 1.82) is 0 Å². The summed E-state index contributed by atoms with van der Waals surface area (Å²) in [7, 11) is 1.55. The lowest BCUT2D eigenvalue weighted by molar-refractivity contribution is 0.101. The number of aliphatic hydroxyl groups is 1. The van der Waals surface area contributed by atoms with E-state index in [-0.39, 0.29) is 25.7 Å². The van der Waals surface area contributed by atoms with Crippen LogP contribution in [0.3, 0.4) is 0 Å². The smallest absolute Gasteiger partial charge is 0.434 e. The van der Waals surface area contributed by atoms with Crippen molar-refractivity contribution in [2.75, 3.05) is 13.7 Å². The van der Waals surface area contributed by atoms with Gasteiger partial charge in [0, 0.05) is 23.4 Å². The third kappa shape index (κ3) is 2.79. The Kier molecular flexibility index (Phi) is 4.64. The van der Waals surface area contributed by atoms with Gasteiger partial charge in [-0.15, -0.1) is 0 Å². The Hall–Kier alpha value is -2.64. The number of H-pyrrole nitrogens is 1. The molecule has 0 unspecified atom stereocenters. The number of ether oxygens (including phenoxy) is 3. The number of aromatic nitrogens is 2. The van der Waals surface area contributed by atoms with Crippen molar-refractivity contribution < 1.29 is 24.1 Å². The zero-order chi connectivity index (χ0) is 17.1. The molecule has 0 aliphatic carbocycles. The minimum absolute atomic E-state index is 0.104. The van der Waals surface area contributed by atoms with Gasteiger partial charge < -0.3 is 24.3 Å². The van der Waals surface area contributed by atoms with Crippen molar-refractivity contribution in [3.63, 3.8) is 0 Å². The van der Waals surface area contributed by atoms with Crippen molar-refractivity contribution >= 4 is 28.0 Å². The summed E-state index contributed by atoms with van der Waals surface area (Å²) in [6.07, 6.45) is 0.772. The maximum atomic E-state index is 11.7. The molecule has 0 fully saturated rings. The molecule has 0 saturated carbocycles. The standard InChI is InChI=1S/C17H18N2O5/c1-3-23-17(21)24-16-11(9-22-2)15-13(7-18-16)19-12-6-4-5-10(8-20)14(12)15/h4-7,19-20H,3,8-9H2,1-2H3. The molecule has 0 atom stereocenters. The molecule has 0 amide bonds. The van der Waals surface area contributed by atoms with Crippen molar-refractivity contribution in [3.05, 3.63) is 35.5 Å². The van der Waals surface area contributed by atoms with E-state index in [1.807, 2.05) is 18.2 Å². The number of carbonyl (C=O) groups excluding carboxylic acids is 1. The molecule has 0 radical (unpaired) electrons. The molecule has 0 aliphatic rings. The van der Waals surface area contributed by atoms with E-state index in [2.05, 4.69) is 9.97 Å². The molecule has 7 nitrogen and oxygen atoms in total. The first kappa shape index (κ1) is 16.2. The van der Waals surface area contributed by atoms with Crippen LogP contribution in [-0.2, 0) is 22.7 Å². The first-order valence-electron chi connectivity index (χ1n) is 7.55. The van der Waals surface area contributed by atoms with Gasteiger partial charge in [-0.1, -0.05) is 12.1 Å². The lowest BCUT2D eigenvalue weighted by Gasteiger charge is -2.10. The molecule has 24 heavy (non-hydrogen) atoms. The fourth-order valence-electron chi connectivity index (χ4n) is 2.78.